The van der Waals surface area contributed by atoms with Crippen LogP contribution in [0.5, 0.6) is 11.5 Å². The summed E-state index contributed by atoms with van der Waals surface area (Å²) < 4.78 is 8.69. The van der Waals surface area contributed by atoms with Crippen molar-refractivity contribution in [2.45, 2.75) is 19.4 Å². The summed E-state index contributed by atoms with van der Waals surface area (Å²) in [7, 11) is 2.09. The van der Waals surface area contributed by atoms with Crippen molar-refractivity contribution in [2.24, 2.45) is 0 Å². The molecule has 0 saturated carbocycles. The van der Waals surface area contributed by atoms with Gasteiger partial charge < -0.3 is 14.5 Å². The Hall–Kier alpha value is -4.84. The van der Waals surface area contributed by atoms with Crippen LogP contribution >= 0.6 is 0 Å². The molecule has 0 radical (unpaired) electrons. The topological polar surface area (TPSA) is 46.4 Å². The number of benzene rings is 3. The zero-order valence-corrected chi connectivity index (χ0v) is 22.2. The maximum atomic E-state index is 6.49. The summed E-state index contributed by atoms with van der Waals surface area (Å²) in [6.45, 7) is 5.28. The van der Waals surface area contributed by atoms with Gasteiger partial charge in [0.2, 0.25) is 0 Å². The highest BCUT2D eigenvalue weighted by Crippen LogP contribution is 2.42. The maximum Gasteiger partial charge on any atom is 0.153 e. The van der Waals surface area contributed by atoms with Crippen molar-refractivity contribution in [1.82, 2.24) is 14.5 Å². The lowest BCUT2D eigenvalue weighted by Gasteiger charge is -2.38. The molecule has 0 N–H and O–H groups in total. The molecule has 0 fully saturated rings. The Balaban J connectivity index is 1.26. The number of hydrogen-bond donors (Lipinski definition) is 0. The van der Waals surface area contributed by atoms with E-state index in [1.54, 1.807) is 0 Å². The fourth-order valence-corrected chi connectivity index (χ4v) is 5.71. The molecule has 0 aliphatic carbocycles. The summed E-state index contributed by atoms with van der Waals surface area (Å²) in [5, 5.41) is 2.36. The lowest BCUT2D eigenvalue weighted by molar-refractivity contribution is 0.468. The van der Waals surface area contributed by atoms with Gasteiger partial charge in [0, 0.05) is 36.3 Å². The molecule has 1 aliphatic rings. The molecular weight excluding hydrogens is 482 g/mol. The molecule has 1 aliphatic heterocycles. The molecule has 3 aromatic heterocycles. The lowest BCUT2D eigenvalue weighted by Crippen LogP contribution is -2.43. The van der Waals surface area contributed by atoms with Gasteiger partial charge in [0.1, 0.15) is 17.3 Å². The van der Waals surface area contributed by atoms with Crippen LogP contribution in [0.25, 0.3) is 27.6 Å². The molecule has 192 valence electrons. The van der Waals surface area contributed by atoms with Crippen LogP contribution in [0, 0.1) is 0 Å². The van der Waals surface area contributed by atoms with Gasteiger partial charge in [-0.3, -0.25) is 4.57 Å². The molecular formula is C33H29N5O. The average molecular weight is 512 g/mol. The Morgan fingerprint density at radius 3 is 2.38 bits per heavy atom. The third-order valence-corrected chi connectivity index (χ3v) is 7.75. The minimum Gasteiger partial charge on any atom is -0.457 e. The first-order valence-electron chi connectivity index (χ1n) is 13.2. The summed E-state index contributed by atoms with van der Waals surface area (Å²) in [4.78, 5) is 13.8. The summed E-state index contributed by atoms with van der Waals surface area (Å²) >= 11 is 0. The predicted octanol–water partition coefficient (Wildman–Crippen LogP) is 7.52. The Bertz CT molecular complexity index is 1830. The summed E-state index contributed by atoms with van der Waals surface area (Å²) in [6.07, 6.45) is 3.68. The molecule has 39 heavy (non-hydrogen) atoms. The monoisotopic (exact) mass is 511 g/mol. The van der Waals surface area contributed by atoms with Gasteiger partial charge in [0.05, 0.1) is 28.9 Å². The van der Waals surface area contributed by atoms with E-state index >= 15 is 0 Å². The van der Waals surface area contributed by atoms with Gasteiger partial charge in [-0.15, -0.1) is 0 Å². The van der Waals surface area contributed by atoms with Crippen LogP contribution < -0.4 is 14.5 Å². The van der Waals surface area contributed by atoms with Gasteiger partial charge >= 0.3 is 0 Å². The van der Waals surface area contributed by atoms with Crippen molar-refractivity contribution in [1.29, 1.82) is 0 Å². The van der Waals surface area contributed by atoms with Crippen molar-refractivity contribution >= 4 is 33.3 Å². The van der Waals surface area contributed by atoms with E-state index < -0.39 is 0 Å². The zero-order valence-electron chi connectivity index (χ0n) is 22.2. The summed E-state index contributed by atoms with van der Waals surface area (Å²) in [6, 6.07) is 33.3. The van der Waals surface area contributed by atoms with Crippen LogP contribution in [0.2, 0.25) is 0 Å². The van der Waals surface area contributed by atoms with Gasteiger partial charge in [-0.1, -0.05) is 36.4 Å². The number of anilines is 2. The molecule has 6 nitrogen and oxygen atoms in total. The largest absolute Gasteiger partial charge is 0.457 e. The number of ether oxygens (including phenoxy) is 1. The number of para-hydroxylation sites is 1. The number of fused-ring (bicyclic) bond motifs is 4. The zero-order chi connectivity index (χ0) is 26.6. The number of rotatable bonds is 5. The van der Waals surface area contributed by atoms with Crippen molar-refractivity contribution in [3.05, 3.63) is 115 Å². The molecule has 7 rings (SSSR count). The van der Waals surface area contributed by atoms with E-state index in [0.29, 0.717) is 0 Å². The van der Waals surface area contributed by atoms with Gasteiger partial charge in [-0.2, -0.15) is 0 Å². The van der Waals surface area contributed by atoms with Crippen LogP contribution in [-0.2, 0) is 5.54 Å². The molecule has 6 heteroatoms. The first kappa shape index (κ1) is 23.3. The molecule has 0 amide bonds. The SMILES string of the molecule is CN1CN(C(C)(C)c2cccc(Oc3ccc4c5ccccc5n(-c5ccccn5)c4c3)c2)c2cccnc21. The normalized spacial score (nSPS) is 13.3. The Labute approximate surface area is 227 Å². The number of aromatic nitrogens is 3. The first-order chi connectivity index (χ1) is 19.0. The quantitative estimate of drug-likeness (QED) is 0.240. The van der Waals surface area contributed by atoms with Crippen LogP contribution in [0.1, 0.15) is 19.4 Å². The Morgan fingerprint density at radius 1 is 0.718 bits per heavy atom. The van der Waals surface area contributed by atoms with Gasteiger partial charge in [-0.25, -0.2) is 9.97 Å². The van der Waals surface area contributed by atoms with E-state index in [2.05, 4.69) is 106 Å². The Morgan fingerprint density at radius 2 is 1.51 bits per heavy atom. The highest BCUT2D eigenvalue weighted by Gasteiger charge is 2.36. The molecule has 6 aromatic rings. The molecule has 0 saturated heterocycles. The predicted molar refractivity (Wildman–Crippen MR) is 158 cm³/mol. The fourth-order valence-electron chi connectivity index (χ4n) is 5.71. The van der Waals surface area contributed by atoms with Crippen molar-refractivity contribution in [2.75, 3.05) is 23.5 Å². The second kappa shape index (κ2) is 8.88. The molecule has 0 bridgehead atoms. The highest BCUT2D eigenvalue weighted by molar-refractivity contribution is 6.09. The molecule has 0 spiro atoms. The highest BCUT2D eigenvalue weighted by atomic mass is 16.5. The van der Waals surface area contributed by atoms with Crippen molar-refractivity contribution < 1.29 is 4.74 Å². The van der Waals surface area contributed by atoms with Crippen LogP contribution in [0.3, 0.4) is 0 Å². The van der Waals surface area contributed by atoms with Crippen molar-refractivity contribution in [3.63, 3.8) is 0 Å². The van der Waals surface area contributed by atoms with Gasteiger partial charge in [-0.05, 0) is 74.0 Å². The van der Waals surface area contributed by atoms with Crippen LogP contribution in [0.15, 0.2) is 109 Å². The van der Waals surface area contributed by atoms with E-state index in [4.69, 9.17) is 4.74 Å². The van der Waals surface area contributed by atoms with E-state index in [1.165, 1.54) is 16.3 Å². The van der Waals surface area contributed by atoms with E-state index in [9.17, 15) is 0 Å². The van der Waals surface area contributed by atoms with Crippen LogP contribution in [-0.4, -0.2) is 28.3 Å². The molecule has 0 unspecified atom stereocenters. The minimum atomic E-state index is -0.267. The second-order valence-electron chi connectivity index (χ2n) is 10.5. The third kappa shape index (κ3) is 3.79. The number of pyridine rings is 2. The standard InChI is InChI=1S/C33H29N5O/c1-33(2,37-22-36(3)32-29(37)14-9-19-35-32)23-10-8-11-24(20-23)39-25-16-17-27-26-12-4-5-13-28(26)38(30(27)21-25)31-15-6-7-18-34-31/h4-21H,22H2,1-3H3. The molecule has 0 atom stereocenters. The second-order valence-corrected chi connectivity index (χ2v) is 10.5. The summed E-state index contributed by atoms with van der Waals surface area (Å²) in [5.41, 5.74) is 4.24. The summed E-state index contributed by atoms with van der Waals surface area (Å²) in [5.74, 6) is 3.48. The third-order valence-electron chi connectivity index (χ3n) is 7.75. The lowest BCUT2D eigenvalue weighted by atomic mass is 9.92. The maximum absolute atomic E-state index is 6.49. The van der Waals surface area contributed by atoms with Gasteiger partial charge in [0.15, 0.2) is 5.82 Å². The fraction of sp³-hybridized carbons (Fsp3) is 0.152. The average Bonchev–Trinajstić information content (AvgIpc) is 3.49. The van der Waals surface area contributed by atoms with E-state index in [0.717, 1.165) is 46.5 Å². The van der Waals surface area contributed by atoms with E-state index in [-0.39, 0.29) is 5.54 Å². The number of nitrogens with zero attached hydrogens (tertiary/aromatic N) is 5. The number of hydrogen-bond acceptors (Lipinski definition) is 5. The Kier molecular flexibility index (Phi) is 5.30. The van der Waals surface area contributed by atoms with Gasteiger partial charge in [0.25, 0.3) is 0 Å². The minimum absolute atomic E-state index is 0.267. The van der Waals surface area contributed by atoms with Crippen LogP contribution in [0.4, 0.5) is 11.5 Å². The van der Waals surface area contributed by atoms with Crippen molar-refractivity contribution in [3.8, 4) is 17.3 Å². The molecule has 3 aromatic carbocycles. The van der Waals surface area contributed by atoms with E-state index in [1.807, 2.05) is 48.8 Å². The first-order valence-corrected chi connectivity index (χ1v) is 13.2. The molecule has 4 heterocycles. The smallest absolute Gasteiger partial charge is 0.153 e.